The molecular weight excluding hydrogens is 369 g/mol. The van der Waals surface area contributed by atoms with Gasteiger partial charge in [0.05, 0.1) is 19.0 Å². The molecule has 0 atom stereocenters. The van der Waals surface area contributed by atoms with Crippen molar-refractivity contribution >= 4 is 23.6 Å². The summed E-state index contributed by atoms with van der Waals surface area (Å²) in [6.45, 7) is 6.28. The summed E-state index contributed by atoms with van der Waals surface area (Å²) in [5, 5.41) is 12.2. The van der Waals surface area contributed by atoms with Gasteiger partial charge in [-0.1, -0.05) is 23.9 Å². The number of hydrogen-bond donors (Lipinski definition) is 1. The van der Waals surface area contributed by atoms with Crippen LogP contribution in [0.15, 0.2) is 29.4 Å². The van der Waals surface area contributed by atoms with E-state index in [0.29, 0.717) is 26.2 Å². The number of nitrogens with one attached hydrogen (secondary N) is 1. The number of carbonyl (C=O) groups excluding carboxylic acids is 1. The van der Waals surface area contributed by atoms with Gasteiger partial charge in [0.25, 0.3) is 0 Å². The zero-order valence-electron chi connectivity index (χ0n) is 15.4. The summed E-state index contributed by atoms with van der Waals surface area (Å²) in [6.07, 6.45) is 0.670. The molecule has 0 bridgehead atoms. The van der Waals surface area contributed by atoms with E-state index in [2.05, 4.69) is 20.4 Å². The van der Waals surface area contributed by atoms with E-state index >= 15 is 0 Å². The van der Waals surface area contributed by atoms with Gasteiger partial charge in [-0.3, -0.25) is 9.36 Å². The minimum absolute atomic E-state index is 0.0549. The first-order valence-electron chi connectivity index (χ1n) is 9.07. The van der Waals surface area contributed by atoms with Gasteiger partial charge in [-0.25, -0.2) is 4.39 Å². The maximum atomic E-state index is 12.9. The van der Waals surface area contributed by atoms with E-state index in [9.17, 15) is 9.18 Å². The molecule has 0 aliphatic carbocycles. The molecule has 1 N–H and O–H groups in total. The summed E-state index contributed by atoms with van der Waals surface area (Å²) in [4.78, 5) is 14.3. The van der Waals surface area contributed by atoms with Crippen LogP contribution in [0.2, 0.25) is 0 Å². The first-order valence-corrected chi connectivity index (χ1v) is 10.1. The van der Waals surface area contributed by atoms with Gasteiger partial charge in [0.1, 0.15) is 5.82 Å². The van der Waals surface area contributed by atoms with Crippen molar-refractivity contribution in [2.24, 2.45) is 0 Å². The largest absolute Gasteiger partial charge is 0.378 e. The smallest absolute Gasteiger partial charge is 0.230 e. The second-order valence-corrected chi connectivity index (χ2v) is 7.08. The predicted molar refractivity (Wildman–Crippen MR) is 103 cm³/mol. The van der Waals surface area contributed by atoms with Crippen LogP contribution in [-0.4, -0.2) is 59.3 Å². The van der Waals surface area contributed by atoms with Crippen LogP contribution in [0.25, 0.3) is 0 Å². The molecule has 2 heterocycles. The first kappa shape index (κ1) is 19.6. The Bertz CT molecular complexity index is 747. The highest BCUT2D eigenvalue weighted by Gasteiger charge is 2.20. The fraction of sp³-hybridized carbons (Fsp3) is 0.500. The minimum Gasteiger partial charge on any atom is -0.378 e. The van der Waals surface area contributed by atoms with Crippen LogP contribution in [0.1, 0.15) is 12.5 Å². The average Bonchev–Trinajstić information content (AvgIpc) is 3.11. The van der Waals surface area contributed by atoms with Gasteiger partial charge in [-0.2, -0.15) is 0 Å². The molecule has 1 aliphatic heterocycles. The number of halogens is 1. The lowest BCUT2D eigenvalue weighted by molar-refractivity contribution is -0.118. The average molecular weight is 393 g/mol. The Morgan fingerprint density at radius 3 is 2.70 bits per heavy atom. The Kier molecular flexibility index (Phi) is 7.05. The van der Waals surface area contributed by atoms with Crippen molar-refractivity contribution in [2.75, 3.05) is 43.5 Å². The molecule has 1 fully saturated rings. The van der Waals surface area contributed by atoms with E-state index in [1.165, 1.54) is 23.9 Å². The SMILES string of the molecule is CCn1c(SCC(=O)NCCc2ccc(F)cc2)nnc1N1CCOCC1. The van der Waals surface area contributed by atoms with E-state index in [4.69, 9.17) is 4.74 Å². The number of carbonyl (C=O) groups is 1. The molecular formula is C18H24FN5O2S. The van der Waals surface area contributed by atoms with Crippen LogP contribution >= 0.6 is 11.8 Å². The lowest BCUT2D eigenvalue weighted by atomic mass is 10.1. The maximum Gasteiger partial charge on any atom is 0.230 e. The van der Waals surface area contributed by atoms with Crippen LogP contribution in [0.5, 0.6) is 0 Å². The van der Waals surface area contributed by atoms with Crippen LogP contribution in [0.3, 0.4) is 0 Å². The fourth-order valence-electron chi connectivity index (χ4n) is 2.84. The lowest BCUT2D eigenvalue weighted by Gasteiger charge is -2.27. The van der Waals surface area contributed by atoms with Gasteiger partial charge in [-0.05, 0) is 31.0 Å². The number of hydrogen-bond acceptors (Lipinski definition) is 6. The Balaban J connectivity index is 1.46. The molecule has 1 aromatic heterocycles. The van der Waals surface area contributed by atoms with Crippen LogP contribution in [-0.2, 0) is 22.5 Å². The van der Waals surface area contributed by atoms with Gasteiger partial charge in [0.2, 0.25) is 11.9 Å². The first-order chi connectivity index (χ1) is 13.2. The number of amides is 1. The Morgan fingerprint density at radius 1 is 1.26 bits per heavy atom. The van der Waals surface area contributed by atoms with Crippen LogP contribution < -0.4 is 10.2 Å². The van der Waals surface area contributed by atoms with Gasteiger partial charge >= 0.3 is 0 Å². The van der Waals surface area contributed by atoms with Gasteiger partial charge in [0.15, 0.2) is 5.16 Å². The second-order valence-electron chi connectivity index (χ2n) is 6.14. The molecule has 0 spiro atoms. The van der Waals surface area contributed by atoms with Crippen molar-refractivity contribution in [1.29, 1.82) is 0 Å². The van der Waals surface area contributed by atoms with Crippen LogP contribution in [0, 0.1) is 5.82 Å². The van der Waals surface area contributed by atoms with Crippen molar-refractivity contribution in [3.8, 4) is 0 Å². The van der Waals surface area contributed by atoms with Gasteiger partial charge in [0, 0.05) is 26.2 Å². The normalized spacial score (nSPS) is 14.4. The molecule has 1 saturated heterocycles. The molecule has 1 aromatic carbocycles. The highest BCUT2D eigenvalue weighted by molar-refractivity contribution is 7.99. The second kappa shape index (κ2) is 9.70. The van der Waals surface area contributed by atoms with Crippen molar-refractivity contribution < 1.29 is 13.9 Å². The molecule has 7 nitrogen and oxygen atoms in total. The number of anilines is 1. The Morgan fingerprint density at radius 2 is 2.00 bits per heavy atom. The zero-order chi connectivity index (χ0) is 19.1. The monoisotopic (exact) mass is 393 g/mol. The summed E-state index contributed by atoms with van der Waals surface area (Å²) in [5.74, 6) is 0.807. The van der Waals surface area contributed by atoms with E-state index in [1.54, 1.807) is 12.1 Å². The molecule has 9 heteroatoms. The van der Waals surface area contributed by atoms with E-state index in [0.717, 1.165) is 36.3 Å². The fourth-order valence-corrected chi connectivity index (χ4v) is 3.67. The zero-order valence-corrected chi connectivity index (χ0v) is 16.2. The number of thioether (sulfide) groups is 1. The third kappa shape index (κ3) is 5.43. The highest BCUT2D eigenvalue weighted by atomic mass is 32.2. The summed E-state index contributed by atoms with van der Waals surface area (Å²) in [6, 6.07) is 6.31. The van der Waals surface area contributed by atoms with Crippen LogP contribution in [0.4, 0.5) is 10.3 Å². The number of rotatable bonds is 8. The maximum absolute atomic E-state index is 12.9. The predicted octanol–water partition coefficient (Wildman–Crippen LogP) is 1.72. The molecule has 0 unspecified atom stereocenters. The third-order valence-electron chi connectivity index (χ3n) is 4.29. The van der Waals surface area contributed by atoms with Crippen molar-refractivity contribution in [3.05, 3.63) is 35.6 Å². The molecule has 0 radical (unpaired) electrons. The number of benzene rings is 1. The van der Waals surface area contributed by atoms with Crippen molar-refractivity contribution in [2.45, 2.75) is 25.0 Å². The lowest BCUT2D eigenvalue weighted by Crippen LogP contribution is -2.38. The van der Waals surface area contributed by atoms with Gasteiger partial charge in [-0.15, -0.1) is 10.2 Å². The quantitative estimate of drug-likeness (QED) is 0.689. The molecule has 1 aliphatic rings. The van der Waals surface area contributed by atoms with E-state index in [1.807, 2.05) is 11.5 Å². The number of nitrogens with zero attached hydrogens (tertiary/aromatic N) is 4. The molecule has 0 saturated carbocycles. The molecule has 146 valence electrons. The van der Waals surface area contributed by atoms with E-state index < -0.39 is 0 Å². The summed E-state index contributed by atoms with van der Waals surface area (Å²) in [7, 11) is 0. The topological polar surface area (TPSA) is 72.3 Å². The standard InChI is InChI=1S/C18H24FN5O2S/c1-2-24-17(23-9-11-26-12-10-23)21-22-18(24)27-13-16(25)20-8-7-14-3-5-15(19)6-4-14/h3-6H,2,7-13H2,1H3,(H,20,25). The molecule has 3 rings (SSSR count). The van der Waals surface area contributed by atoms with Gasteiger partial charge < -0.3 is 15.0 Å². The summed E-state index contributed by atoms with van der Waals surface area (Å²) in [5.41, 5.74) is 0.991. The summed E-state index contributed by atoms with van der Waals surface area (Å²) < 4.78 is 20.3. The van der Waals surface area contributed by atoms with Crippen molar-refractivity contribution in [1.82, 2.24) is 20.1 Å². The Hall–Kier alpha value is -2.13. The number of ether oxygens (including phenoxy) is 1. The highest BCUT2D eigenvalue weighted by Crippen LogP contribution is 2.22. The third-order valence-corrected chi connectivity index (χ3v) is 5.26. The molecule has 2 aromatic rings. The number of morpholine rings is 1. The minimum atomic E-state index is -0.254. The molecule has 27 heavy (non-hydrogen) atoms. The van der Waals surface area contributed by atoms with E-state index in [-0.39, 0.29) is 17.5 Å². The molecule has 1 amide bonds. The van der Waals surface area contributed by atoms with Crippen molar-refractivity contribution in [3.63, 3.8) is 0 Å². The number of aromatic nitrogens is 3. The summed E-state index contributed by atoms with van der Waals surface area (Å²) >= 11 is 1.38. The Labute approximate surface area is 162 Å².